The van der Waals surface area contributed by atoms with Crippen molar-refractivity contribution in [1.29, 1.82) is 0 Å². The lowest BCUT2D eigenvalue weighted by molar-refractivity contribution is 0.310. The van der Waals surface area contributed by atoms with Gasteiger partial charge in [-0.2, -0.15) is 0 Å². The van der Waals surface area contributed by atoms with Crippen LogP contribution in [0.4, 0.5) is 0 Å². The van der Waals surface area contributed by atoms with Gasteiger partial charge in [0.25, 0.3) is 0 Å². The maximum absolute atomic E-state index is 6.26. The number of halogens is 2. The van der Waals surface area contributed by atoms with E-state index < -0.39 is 0 Å². The van der Waals surface area contributed by atoms with Gasteiger partial charge < -0.3 is 16.2 Å². The average Bonchev–Trinajstić information content (AvgIpc) is 2.42. The summed E-state index contributed by atoms with van der Waals surface area (Å²) < 4.78 is 5.79. The van der Waals surface area contributed by atoms with Crippen LogP contribution in [0.15, 0.2) is 12.1 Å². The molecule has 0 amide bonds. The van der Waals surface area contributed by atoms with E-state index in [0.717, 1.165) is 24.2 Å². The van der Waals surface area contributed by atoms with Crippen molar-refractivity contribution >= 4 is 23.2 Å². The molecule has 0 heterocycles. The molecule has 1 atom stereocenters. The summed E-state index contributed by atoms with van der Waals surface area (Å²) in [6.07, 6.45) is 1.83. The first-order valence-corrected chi connectivity index (χ1v) is 7.80. The van der Waals surface area contributed by atoms with Crippen LogP contribution in [0.1, 0.15) is 38.2 Å². The van der Waals surface area contributed by atoms with Crippen molar-refractivity contribution in [3.63, 3.8) is 0 Å². The number of nitrogens with two attached hydrogens (primary N) is 2. The van der Waals surface area contributed by atoms with Crippen molar-refractivity contribution in [2.45, 2.75) is 32.6 Å². The molecule has 0 saturated heterocycles. The number of ether oxygens (including phenoxy) is 1. The first-order valence-electron chi connectivity index (χ1n) is 7.05. The minimum atomic E-state index is 0.246. The minimum Gasteiger partial charge on any atom is -0.492 e. The Hall–Kier alpha value is -0.480. The second kappa shape index (κ2) is 8.73. The van der Waals surface area contributed by atoms with E-state index in [2.05, 4.69) is 13.8 Å². The predicted molar refractivity (Wildman–Crippen MR) is 86.9 cm³/mol. The van der Waals surface area contributed by atoms with Crippen molar-refractivity contribution in [2.75, 3.05) is 19.7 Å². The summed E-state index contributed by atoms with van der Waals surface area (Å²) >= 11 is 12.4. The van der Waals surface area contributed by atoms with Crippen molar-refractivity contribution in [2.24, 2.45) is 17.4 Å². The molecule has 0 saturated carbocycles. The molecule has 5 heteroatoms. The van der Waals surface area contributed by atoms with Gasteiger partial charge in [-0.15, -0.1) is 0 Å². The predicted octanol–water partition coefficient (Wildman–Crippen LogP) is 3.81. The molecule has 1 aromatic rings. The topological polar surface area (TPSA) is 61.3 Å². The number of hydrogen-bond donors (Lipinski definition) is 2. The molecule has 0 aromatic heterocycles. The lowest BCUT2D eigenvalue weighted by atomic mass is 9.89. The second-order valence-corrected chi connectivity index (χ2v) is 5.97. The average molecular weight is 319 g/mol. The molecule has 1 rings (SSSR count). The van der Waals surface area contributed by atoms with Gasteiger partial charge in [-0.3, -0.25) is 0 Å². The highest BCUT2D eigenvalue weighted by molar-refractivity contribution is 6.35. The summed E-state index contributed by atoms with van der Waals surface area (Å²) in [5, 5.41) is 1.18. The second-order valence-electron chi connectivity index (χ2n) is 5.13. The monoisotopic (exact) mass is 318 g/mol. The molecule has 4 N–H and O–H groups in total. The molecule has 0 fully saturated rings. The van der Waals surface area contributed by atoms with Crippen LogP contribution in [0.2, 0.25) is 10.0 Å². The Kier molecular flexibility index (Phi) is 7.67. The molecule has 1 aromatic carbocycles. The van der Waals surface area contributed by atoms with Crippen molar-refractivity contribution in [3.8, 4) is 5.75 Å². The smallest absolute Gasteiger partial charge is 0.141 e. The molecule has 3 nitrogen and oxygen atoms in total. The summed E-state index contributed by atoms with van der Waals surface area (Å²) in [6, 6.07) is 3.64. The van der Waals surface area contributed by atoms with E-state index in [4.69, 9.17) is 39.4 Å². The highest BCUT2D eigenvalue weighted by Crippen LogP contribution is 2.38. The molecule has 114 valence electrons. The molecule has 0 aliphatic heterocycles. The van der Waals surface area contributed by atoms with E-state index in [0.29, 0.717) is 35.7 Å². The van der Waals surface area contributed by atoms with Crippen molar-refractivity contribution in [3.05, 3.63) is 27.7 Å². The molecule has 20 heavy (non-hydrogen) atoms. The molecule has 0 aliphatic carbocycles. The maximum Gasteiger partial charge on any atom is 0.141 e. The Morgan fingerprint density at radius 3 is 2.40 bits per heavy atom. The van der Waals surface area contributed by atoms with Gasteiger partial charge in [-0.1, -0.05) is 37.0 Å². The van der Waals surface area contributed by atoms with Gasteiger partial charge in [0.15, 0.2) is 0 Å². The van der Waals surface area contributed by atoms with Gasteiger partial charge in [-0.25, -0.2) is 0 Å². The molecule has 1 unspecified atom stereocenters. The Morgan fingerprint density at radius 1 is 1.20 bits per heavy atom. The summed E-state index contributed by atoms with van der Waals surface area (Å²) in [7, 11) is 0. The number of rotatable bonds is 8. The van der Waals surface area contributed by atoms with Crippen LogP contribution in [-0.2, 0) is 0 Å². The first-order chi connectivity index (χ1) is 9.53. The Labute approximate surface area is 131 Å². The van der Waals surface area contributed by atoms with E-state index >= 15 is 0 Å². The molecule has 0 aliphatic rings. The first kappa shape index (κ1) is 17.6. The van der Waals surface area contributed by atoms with Crippen LogP contribution in [0, 0.1) is 5.92 Å². The van der Waals surface area contributed by atoms with Crippen LogP contribution >= 0.6 is 23.2 Å². The molecule has 0 radical (unpaired) electrons. The van der Waals surface area contributed by atoms with Crippen LogP contribution in [-0.4, -0.2) is 19.7 Å². The van der Waals surface area contributed by atoms with Crippen LogP contribution in [0.25, 0.3) is 0 Å². The van der Waals surface area contributed by atoms with Crippen LogP contribution in [0.3, 0.4) is 0 Å². The largest absolute Gasteiger partial charge is 0.492 e. The third-order valence-corrected chi connectivity index (χ3v) is 3.87. The zero-order chi connectivity index (χ0) is 15.1. The number of hydrogen-bond acceptors (Lipinski definition) is 3. The van der Waals surface area contributed by atoms with Crippen LogP contribution in [0.5, 0.6) is 5.75 Å². The van der Waals surface area contributed by atoms with Gasteiger partial charge >= 0.3 is 0 Å². The Morgan fingerprint density at radius 2 is 1.85 bits per heavy atom. The Bertz CT molecular complexity index is 423. The van der Waals surface area contributed by atoms with Gasteiger partial charge in [0.2, 0.25) is 0 Å². The maximum atomic E-state index is 6.26. The van der Waals surface area contributed by atoms with Gasteiger partial charge in [0, 0.05) is 5.02 Å². The zero-order valence-corrected chi connectivity index (χ0v) is 13.7. The van der Waals surface area contributed by atoms with Gasteiger partial charge in [-0.05, 0) is 55.5 Å². The van der Waals surface area contributed by atoms with E-state index in [1.54, 1.807) is 6.07 Å². The summed E-state index contributed by atoms with van der Waals surface area (Å²) in [4.78, 5) is 0. The third kappa shape index (κ3) is 4.81. The quantitative estimate of drug-likeness (QED) is 0.766. The van der Waals surface area contributed by atoms with Gasteiger partial charge in [0.1, 0.15) is 5.75 Å². The van der Waals surface area contributed by atoms with Crippen molar-refractivity contribution in [1.82, 2.24) is 0 Å². The summed E-state index contributed by atoms with van der Waals surface area (Å²) in [5.74, 6) is 1.27. The minimum absolute atomic E-state index is 0.246. The SMILES string of the molecule is CCCOc1c(Cl)cc(Cl)cc1C(C)CC(CN)CN. The van der Waals surface area contributed by atoms with Crippen molar-refractivity contribution < 1.29 is 4.74 Å². The number of benzene rings is 1. The summed E-state index contributed by atoms with van der Waals surface area (Å²) in [6.45, 7) is 5.99. The molecular formula is C15H24Cl2N2O. The van der Waals surface area contributed by atoms with E-state index in [9.17, 15) is 0 Å². The lowest BCUT2D eigenvalue weighted by Crippen LogP contribution is -2.24. The third-order valence-electron chi connectivity index (χ3n) is 3.37. The Balaban J connectivity index is 3.01. The zero-order valence-electron chi connectivity index (χ0n) is 12.2. The fourth-order valence-electron chi connectivity index (χ4n) is 2.22. The normalized spacial score (nSPS) is 12.8. The summed E-state index contributed by atoms with van der Waals surface area (Å²) in [5.41, 5.74) is 12.5. The molecular weight excluding hydrogens is 295 g/mol. The van der Waals surface area contributed by atoms with E-state index in [1.807, 2.05) is 6.07 Å². The fourth-order valence-corrected chi connectivity index (χ4v) is 2.78. The highest BCUT2D eigenvalue weighted by Gasteiger charge is 2.19. The molecule has 0 bridgehead atoms. The van der Waals surface area contributed by atoms with E-state index in [-0.39, 0.29) is 5.92 Å². The van der Waals surface area contributed by atoms with E-state index in [1.165, 1.54) is 0 Å². The highest BCUT2D eigenvalue weighted by atomic mass is 35.5. The standard InChI is InChI=1S/C15H24Cl2N2O/c1-3-4-20-15-13(6-12(16)7-14(15)17)10(2)5-11(8-18)9-19/h6-7,10-11H,3-5,8-9,18-19H2,1-2H3. The lowest BCUT2D eigenvalue weighted by Gasteiger charge is -2.22. The van der Waals surface area contributed by atoms with Gasteiger partial charge in [0.05, 0.1) is 11.6 Å². The van der Waals surface area contributed by atoms with Crippen LogP contribution < -0.4 is 16.2 Å². The fraction of sp³-hybridized carbons (Fsp3) is 0.600. The molecule has 0 spiro atoms.